The Morgan fingerprint density at radius 1 is 1.20 bits per heavy atom. The molecule has 0 unspecified atom stereocenters. The second-order valence-corrected chi connectivity index (χ2v) is 6.01. The third-order valence-corrected chi connectivity index (χ3v) is 4.91. The monoisotopic (exact) mass is 273 g/mol. The Hall–Kier alpha value is -1.42. The molecule has 1 aromatic rings. The number of carbonyl (C=O) groups excluding carboxylic acids is 1. The van der Waals surface area contributed by atoms with E-state index in [1.54, 1.807) is 0 Å². The molecule has 3 rings (SSSR count). The highest BCUT2D eigenvalue weighted by molar-refractivity contribution is 5.85. The quantitative estimate of drug-likeness (QED) is 0.844. The van der Waals surface area contributed by atoms with Crippen molar-refractivity contribution in [2.75, 3.05) is 26.2 Å². The first-order valence-corrected chi connectivity index (χ1v) is 7.65. The third kappa shape index (κ3) is 2.44. The maximum atomic E-state index is 12.5. The van der Waals surface area contributed by atoms with E-state index in [1.165, 1.54) is 0 Å². The first-order valence-electron chi connectivity index (χ1n) is 7.65. The number of hydrogen-bond donors (Lipinski definition) is 0. The van der Waals surface area contributed by atoms with Crippen molar-refractivity contribution in [1.29, 1.82) is 0 Å². The van der Waals surface area contributed by atoms with E-state index < -0.39 is 0 Å². The minimum Gasteiger partial charge on any atom is -0.342 e. The van der Waals surface area contributed by atoms with Gasteiger partial charge >= 0.3 is 0 Å². The minimum absolute atomic E-state index is 0.0450. The van der Waals surface area contributed by atoms with Crippen molar-refractivity contribution in [2.24, 2.45) is 5.41 Å². The van der Waals surface area contributed by atoms with Gasteiger partial charge in [-0.1, -0.05) is 6.07 Å². The molecule has 2 fully saturated rings. The van der Waals surface area contributed by atoms with E-state index in [4.69, 9.17) is 0 Å². The molecule has 0 bridgehead atoms. The van der Waals surface area contributed by atoms with Crippen LogP contribution in [0.2, 0.25) is 0 Å². The lowest BCUT2D eigenvalue weighted by Crippen LogP contribution is -2.44. The molecule has 4 nitrogen and oxygen atoms in total. The van der Waals surface area contributed by atoms with Gasteiger partial charge in [0, 0.05) is 25.8 Å². The van der Waals surface area contributed by atoms with Gasteiger partial charge in [0.2, 0.25) is 5.91 Å². The van der Waals surface area contributed by atoms with Crippen LogP contribution in [0.3, 0.4) is 0 Å². The number of likely N-dealkylation sites (tertiary alicyclic amines) is 2. The van der Waals surface area contributed by atoms with Crippen molar-refractivity contribution in [3.63, 3.8) is 0 Å². The molecule has 3 heterocycles. The van der Waals surface area contributed by atoms with Gasteiger partial charge in [-0.15, -0.1) is 0 Å². The zero-order valence-electron chi connectivity index (χ0n) is 12.2. The Kier molecular flexibility index (Phi) is 3.74. The number of amides is 1. The fraction of sp³-hybridized carbons (Fsp3) is 0.625. The average molecular weight is 273 g/mol. The van der Waals surface area contributed by atoms with Crippen LogP contribution in [-0.2, 0) is 11.3 Å². The van der Waals surface area contributed by atoms with E-state index in [0.717, 1.165) is 57.7 Å². The minimum atomic E-state index is -0.0450. The third-order valence-electron chi connectivity index (χ3n) is 4.91. The largest absolute Gasteiger partial charge is 0.342 e. The van der Waals surface area contributed by atoms with Crippen molar-refractivity contribution in [1.82, 2.24) is 14.8 Å². The summed E-state index contributed by atoms with van der Waals surface area (Å²) in [4.78, 5) is 21.3. The normalized spacial score (nSPS) is 22.6. The van der Waals surface area contributed by atoms with Crippen LogP contribution in [0.25, 0.3) is 0 Å². The second kappa shape index (κ2) is 5.52. The first-order chi connectivity index (χ1) is 9.73. The van der Waals surface area contributed by atoms with Crippen LogP contribution in [-0.4, -0.2) is 46.9 Å². The topological polar surface area (TPSA) is 36.4 Å². The fourth-order valence-corrected chi connectivity index (χ4v) is 3.52. The Balaban J connectivity index is 1.59. The smallest absolute Gasteiger partial charge is 0.228 e. The lowest BCUT2D eigenvalue weighted by molar-refractivity contribution is -0.138. The molecule has 1 spiro atoms. The van der Waals surface area contributed by atoms with E-state index in [-0.39, 0.29) is 5.41 Å². The van der Waals surface area contributed by atoms with E-state index >= 15 is 0 Å². The summed E-state index contributed by atoms with van der Waals surface area (Å²) >= 11 is 0. The summed E-state index contributed by atoms with van der Waals surface area (Å²) in [6, 6.07) is 6.06. The molecule has 0 saturated carbocycles. The lowest BCUT2D eigenvalue weighted by Gasteiger charge is -2.37. The molecule has 2 saturated heterocycles. The van der Waals surface area contributed by atoms with Crippen LogP contribution in [0.1, 0.15) is 31.9 Å². The van der Waals surface area contributed by atoms with Crippen LogP contribution >= 0.6 is 0 Å². The van der Waals surface area contributed by atoms with E-state index in [0.29, 0.717) is 5.91 Å². The lowest BCUT2D eigenvalue weighted by atomic mass is 9.77. The molecule has 0 N–H and O–H groups in total. The van der Waals surface area contributed by atoms with E-state index in [2.05, 4.69) is 22.9 Å². The maximum absolute atomic E-state index is 12.5. The van der Waals surface area contributed by atoms with Gasteiger partial charge in [-0.25, -0.2) is 0 Å². The molecule has 2 aliphatic rings. The number of aromatic nitrogens is 1. The first kappa shape index (κ1) is 13.6. The van der Waals surface area contributed by atoms with E-state index in [1.807, 2.05) is 23.2 Å². The van der Waals surface area contributed by atoms with Gasteiger partial charge in [0.05, 0.1) is 11.1 Å². The highest BCUT2D eigenvalue weighted by Gasteiger charge is 2.47. The highest BCUT2D eigenvalue weighted by atomic mass is 16.2. The van der Waals surface area contributed by atoms with Crippen molar-refractivity contribution >= 4 is 5.91 Å². The summed E-state index contributed by atoms with van der Waals surface area (Å²) in [5.74, 6) is 0.400. The van der Waals surface area contributed by atoms with Crippen LogP contribution in [0.4, 0.5) is 0 Å². The Morgan fingerprint density at radius 3 is 2.55 bits per heavy atom. The molecule has 108 valence electrons. The molecule has 2 aliphatic heterocycles. The molecule has 1 amide bonds. The molecule has 4 heteroatoms. The fourth-order valence-electron chi connectivity index (χ4n) is 3.52. The maximum Gasteiger partial charge on any atom is 0.228 e. The predicted molar refractivity (Wildman–Crippen MR) is 78.1 cm³/mol. The molecule has 0 radical (unpaired) electrons. The van der Waals surface area contributed by atoms with Gasteiger partial charge < -0.3 is 4.90 Å². The van der Waals surface area contributed by atoms with Crippen molar-refractivity contribution in [3.05, 3.63) is 30.1 Å². The Morgan fingerprint density at radius 2 is 1.95 bits per heavy atom. The predicted octanol–water partition coefficient (Wildman–Crippen LogP) is 1.92. The number of pyridine rings is 1. The summed E-state index contributed by atoms with van der Waals surface area (Å²) in [7, 11) is 0. The summed E-state index contributed by atoms with van der Waals surface area (Å²) in [6.45, 7) is 6.82. The van der Waals surface area contributed by atoms with Crippen molar-refractivity contribution in [3.8, 4) is 0 Å². The molecule has 0 aliphatic carbocycles. The van der Waals surface area contributed by atoms with Crippen molar-refractivity contribution in [2.45, 2.75) is 32.7 Å². The number of hydrogen-bond acceptors (Lipinski definition) is 3. The molecule has 20 heavy (non-hydrogen) atoms. The number of piperidine rings is 1. The van der Waals surface area contributed by atoms with Gasteiger partial charge in [0.25, 0.3) is 0 Å². The number of carbonyl (C=O) groups is 1. The SMILES string of the molecule is CCN1CCC2(CCN(Cc3ccccn3)CC2)C1=O. The Bertz CT molecular complexity index is 466. The van der Waals surface area contributed by atoms with Gasteiger partial charge in [0.15, 0.2) is 0 Å². The van der Waals surface area contributed by atoms with Gasteiger partial charge in [-0.3, -0.25) is 14.7 Å². The zero-order chi connectivity index (χ0) is 14.0. The van der Waals surface area contributed by atoms with Crippen LogP contribution in [0.5, 0.6) is 0 Å². The molecule has 1 aromatic heterocycles. The average Bonchev–Trinajstić information content (AvgIpc) is 2.80. The number of nitrogens with zero attached hydrogens (tertiary/aromatic N) is 3. The summed E-state index contributed by atoms with van der Waals surface area (Å²) in [5, 5.41) is 0. The van der Waals surface area contributed by atoms with Crippen LogP contribution in [0.15, 0.2) is 24.4 Å². The molecule has 0 aromatic carbocycles. The van der Waals surface area contributed by atoms with Crippen molar-refractivity contribution < 1.29 is 4.79 Å². The molecular weight excluding hydrogens is 250 g/mol. The van der Waals surface area contributed by atoms with E-state index in [9.17, 15) is 4.79 Å². The summed E-state index contributed by atoms with van der Waals surface area (Å²) < 4.78 is 0. The zero-order valence-corrected chi connectivity index (χ0v) is 12.2. The van der Waals surface area contributed by atoms with Gasteiger partial charge in [-0.2, -0.15) is 0 Å². The van der Waals surface area contributed by atoms with Gasteiger partial charge in [0.1, 0.15) is 0 Å². The molecule has 0 atom stereocenters. The van der Waals surface area contributed by atoms with Gasteiger partial charge in [-0.05, 0) is 51.4 Å². The summed E-state index contributed by atoms with van der Waals surface area (Å²) in [6.07, 6.45) is 4.92. The molecular formula is C16H23N3O. The number of rotatable bonds is 3. The Labute approximate surface area is 120 Å². The van der Waals surface area contributed by atoms with Crippen LogP contribution < -0.4 is 0 Å². The second-order valence-electron chi connectivity index (χ2n) is 6.01. The standard InChI is InChI=1S/C16H23N3O/c1-2-19-12-8-16(15(19)20)6-10-18(11-7-16)13-14-5-3-4-9-17-14/h3-5,9H,2,6-8,10-13H2,1H3. The summed E-state index contributed by atoms with van der Waals surface area (Å²) in [5.41, 5.74) is 1.08. The highest BCUT2D eigenvalue weighted by Crippen LogP contribution is 2.41. The van der Waals surface area contributed by atoms with Crippen LogP contribution in [0, 0.1) is 5.41 Å².